The van der Waals surface area contributed by atoms with E-state index < -0.39 is 0 Å². The van der Waals surface area contributed by atoms with Crippen molar-refractivity contribution in [3.05, 3.63) is 72.9 Å². The van der Waals surface area contributed by atoms with Crippen LogP contribution in [0.5, 0.6) is 0 Å². The van der Waals surface area contributed by atoms with Gasteiger partial charge < -0.3 is 9.84 Å². The third-order valence-corrected chi connectivity index (χ3v) is 3.99. The molecule has 26 heavy (non-hydrogen) atoms. The molecule has 6 nitrogen and oxygen atoms in total. The molecule has 0 aliphatic carbocycles. The number of hydrogen-bond acceptors (Lipinski definition) is 5. The Hall–Kier alpha value is -3.54. The van der Waals surface area contributed by atoms with Gasteiger partial charge in [0, 0.05) is 36.5 Å². The van der Waals surface area contributed by atoms with Gasteiger partial charge >= 0.3 is 0 Å². The maximum Gasteiger partial charge on any atom is 0.227 e. The quantitative estimate of drug-likeness (QED) is 0.594. The molecule has 2 aromatic heterocycles. The predicted octanol–water partition coefficient (Wildman–Crippen LogP) is 3.86. The minimum Gasteiger partial charge on any atom is -0.339 e. The lowest BCUT2D eigenvalue weighted by Gasteiger charge is -2.05. The molecule has 4 rings (SSSR count). The van der Waals surface area contributed by atoms with Gasteiger partial charge in [-0.1, -0.05) is 35.5 Å². The number of nitrogens with one attached hydrogen (secondary N) is 1. The Morgan fingerprint density at radius 3 is 2.77 bits per heavy atom. The number of benzene rings is 2. The van der Waals surface area contributed by atoms with Crippen LogP contribution in [0, 0.1) is 0 Å². The van der Waals surface area contributed by atoms with Gasteiger partial charge in [0.15, 0.2) is 0 Å². The fourth-order valence-corrected chi connectivity index (χ4v) is 2.68. The molecule has 1 N–H and O–H groups in total. The first-order chi connectivity index (χ1) is 12.8. The van der Waals surface area contributed by atoms with Crippen LogP contribution in [0.4, 0.5) is 5.69 Å². The summed E-state index contributed by atoms with van der Waals surface area (Å²) >= 11 is 0. The van der Waals surface area contributed by atoms with Crippen molar-refractivity contribution >= 4 is 22.4 Å². The van der Waals surface area contributed by atoms with Crippen molar-refractivity contribution in [2.75, 3.05) is 5.32 Å². The third kappa shape index (κ3) is 3.59. The number of aryl methyl sites for hydroxylation is 1. The van der Waals surface area contributed by atoms with Crippen molar-refractivity contribution in [3.8, 4) is 11.4 Å². The first kappa shape index (κ1) is 16.0. The Bertz CT molecular complexity index is 1040. The summed E-state index contributed by atoms with van der Waals surface area (Å²) in [6.07, 6.45) is 4.00. The average Bonchev–Trinajstić information content (AvgIpc) is 3.16. The number of rotatable bonds is 5. The molecule has 0 unspecified atom stereocenters. The van der Waals surface area contributed by atoms with Gasteiger partial charge in [0.05, 0.1) is 0 Å². The fourth-order valence-electron chi connectivity index (χ4n) is 2.68. The van der Waals surface area contributed by atoms with Crippen LogP contribution in [0.15, 0.2) is 71.5 Å². The number of carbonyl (C=O) groups is 1. The summed E-state index contributed by atoms with van der Waals surface area (Å²) in [7, 11) is 0. The van der Waals surface area contributed by atoms with E-state index in [4.69, 9.17) is 4.52 Å². The molecule has 0 radical (unpaired) electrons. The van der Waals surface area contributed by atoms with Crippen LogP contribution in [0.3, 0.4) is 0 Å². The molecule has 0 atom stereocenters. The molecule has 4 aromatic rings. The molecule has 128 valence electrons. The number of hydrogen-bond donors (Lipinski definition) is 1. The van der Waals surface area contributed by atoms with Crippen molar-refractivity contribution in [2.45, 2.75) is 12.8 Å². The fraction of sp³-hybridized carbons (Fsp3) is 0.100. The SMILES string of the molecule is O=C(CCc1nc(-c2cccnc2)no1)Nc1ccc2ccccc2c1. The van der Waals surface area contributed by atoms with Gasteiger partial charge in [0.1, 0.15) is 0 Å². The van der Waals surface area contributed by atoms with Gasteiger partial charge in [-0.25, -0.2) is 0 Å². The van der Waals surface area contributed by atoms with Gasteiger partial charge in [-0.2, -0.15) is 4.98 Å². The minimum absolute atomic E-state index is 0.0959. The van der Waals surface area contributed by atoms with E-state index in [1.807, 2.05) is 54.6 Å². The number of anilines is 1. The summed E-state index contributed by atoms with van der Waals surface area (Å²) in [5, 5.41) is 9.05. The molecule has 1 amide bonds. The Balaban J connectivity index is 1.37. The van der Waals surface area contributed by atoms with Crippen molar-refractivity contribution in [2.24, 2.45) is 0 Å². The zero-order valence-corrected chi connectivity index (χ0v) is 13.9. The number of fused-ring (bicyclic) bond motifs is 1. The Morgan fingerprint density at radius 1 is 1.04 bits per heavy atom. The van der Waals surface area contributed by atoms with Crippen molar-refractivity contribution in [3.63, 3.8) is 0 Å². The number of amides is 1. The zero-order valence-electron chi connectivity index (χ0n) is 13.9. The van der Waals surface area contributed by atoms with E-state index in [-0.39, 0.29) is 12.3 Å². The van der Waals surface area contributed by atoms with Crippen molar-refractivity contribution in [1.29, 1.82) is 0 Å². The number of carbonyl (C=O) groups excluding carboxylic acids is 1. The first-order valence-electron chi connectivity index (χ1n) is 8.29. The van der Waals surface area contributed by atoms with Crippen LogP contribution in [-0.4, -0.2) is 21.0 Å². The topological polar surface area (TPSA) is 80.9 Å². The van der Waals surface area contributed by atoms with E-state index in [0.29, 0.717) is 18.1 Å². The average molecular weight is 344 g/mol. The van der Waals surface area contributed by atoms with E-state index in [2.05, 4.69) is 20.4 Å². The summed E-state index contributed by atoms with van der Waals surface area (Å²) in [6, 6.07) is 17.5. The van der Waals surface area contributed by atoms with Gasteiger partial charge in [-0.05, 0) is 35.0 Å². The van der Waals surface area contributed by atoms with Gasteiger partial charge in [-0.3, -0.25) is 9.78 Å². The number of pyridine rings is 1. The van der Waals surface area contributed by atoms with Crippen molar-refractivity contribution < 1.29 is 9.32 Å². The summed E-state index contributed by atoms with van der Waals surface area (Å²) in [5.41, 5.74) is 1.55. The Labute approximate surface area is 149 Å². The highest BCUT2D eigenvalue weighted by molar-refractivity contribution is 5.94. The summed E-state index contributed by atoms with van der Waals surface area (Å²) in [5.74, 6) is 0.807. The molecule has 0 saturated heterocycles. The highest BCUT2D eigenvalue weighted by atomic mass is 16.5. The maximum atomic E-state index is 12.2. The van der Waals surface area contributed by atoms with E-state index in [1.165, 1.54) is 0 Å². The summed E-state index contributed by atoms with van der Waals surface area (Å²) in [4.78, 5) is 20.5. The lowest BCUT2D eigenvalue weighted by Crippen LogP contribution is -2.12. The third-order valence-electron chi connectivity index (χ3n) is 3.99. The second kappa shape index (κ2) is 7.14. The largest absolute Gasteiger partial charge is 0.339 e. The van der Waals surface area contributed by atoms with Crippen LogP contribution in [-0.2, 0) is 11.2 Å². The molecule has 0 saturated carbocycles. The molecule has 0 spiro atoms. The molecule has 0 bridgehead atoms. The summed E-state index contributed by atoms with van der Waals surface area (Å²) in [6.45, 7) is 0. The van der Waals surface area contributed by atoms with Gasteiger partial charge in [-0.15, -0.1) is 0 Å². The molecule has 0 fully saturated rings. The monoisotopic (exact) mass is 344 g/mol. The van der Waals surface area contributed by atoms with E-state index in [0.717, 1.165) is 22.0 Å². The highest BCUT2D eigenvalue weighted by Crippen LogP contribution is 2.19. The Kier molecular flexibility index (Phi) is 4.38. The molecule has 2 heterocycles. The van der Waals surface area contributed by atoms with Crippen LogP contribution in [0.1, 0.15) is 12.3 Å². The first-order valence-corrected chi connectivity index (χ1v) is 8.29. The van der Waals surface area contributed by atoms with E-state index in [1.54, 1.807) is 12.4 Å². The van der Waals surface area contributed by atoms with E-state index >= 15 is 0 Å². The lowest BCUT2D eigenvalue weighted by atomic mass is 10.1. The van der Waals surface area contributed by atoms with Crippen molar-refractivity contribution in [1.82, 2.24) is 15.1 Å². The molecule has 2 aromatic carbocycles. The van der Waals surface area contributed by atoms with Crippen LogP contribution in [0.2, 0.25) is 0 Å². The molecule has 6 heteroatoms. The molecule has 0 aliphatic rings. The summed E-state index contributed by atoms with van der Waals surface area (Å²) < 4.78 is 5.21. The number of nitrogens with zero attached hydrogens (tertiary/aromatic N) is 3. The van der Waals surface area contributed by atoms with Gasteiger partial charge in [0.25, 0.3) is 0 Å². The van der Waals surface area contributed by atoms with E-state index in [9.17, 15) is 4.79 Å². The van der Waals surface area contributed by atoms with Crippen LogP contribution < -0.4 is 5.32 Å². The smallest absolute Gasteiger partial charge is 0.227 e. The predicted molar refractivity (Wildman–Crippen MR) is 98.4 cm³/mol. The lowest BCUT2D eigenvalue weighted by molar-refractivity contribution is -0.116. The second-order valence-corrected chi connectivity index (χ2v) is 5.86. The van der Waals surface area contributed by atoms with Crippen LogP contribution >= 0.6 is 0 Å². The van der Waals surface area contributed by atoms with Crippen LogP contribution in [0.25, 0.3) is 22.2 Å². The normalized spacial score (nSPS) is 10.8. The number of aromatic nitrogens is 3. The highest BCUT2D eigenvalue weighted by Gasteiger charge is 2.11. The standard InChI is InChI=1S/C20H16N4O2/c25-18(22-17-8-7-14-4-1-2-5-15(14)12-17)9-10-19-23-20(24-26-19)16-6-3-11-21-13-16/h1-8,11-13H,9-10H2,(H,22,25). The molecular weight excluding hydrogens is 328 g/mol. The minimum atomic E-state index is -0.0959. The maximum absolute atomic E-state index is 12.2. The zero-order chi connectivity index (χ0) is 17.8. The molecular formula is C20H16N4O2. The second-order valence-electron chi connectivity index (χ2n) is 5.86. The Morgan fingerprint density at radius 2 is 1.92 bits per heavy atom. The van der Waals surface area contributed by atoms with Gasteiger partial charge in [0.2, 0.25) is 17.6 Å². The molecule has 0 aliphatic heterocycles.